The van der Waals surface area contributed by atoms with Crippen LogP contribution in [0.3, 0.4) is 0 Å². The molecule has 1 aliphatic rings. The molecule has 0 saturated carbocycles. The van der Waals surface area contributed by atoms with E-state index in [1.54, 1.807) is 16.2 Å². The van der Waals surface area contributed by atoms with Crippen LogP contribution in [0.5, 0.6) is 0 Å². The van der Waals surface area contributed by atoms with E-state index in [1.807, 2.05) is 41.8 Å². The number of carbonyl (C=O) groups is 2. The van der Waals surface area contributed by atoms with E-state index in [2.05, 4.69) is 0 Å². The van der Waals surface area contributed by atoms with Gasteiger partial charge in [-0.1, -0.05) is 30.3 Å². The molecule has 0 atom stereocenters. The number of fused-ring (bicyclic) bond motifs is 1. The Balaban J connectivity index is 1.72. The molecule has 4 heteroatoms. The first kappa shape index (κ1) is 14.0. The molecule has 0 spiro atoms. The van der Waals surface area contributed by atoms with Crippen LogP contribution in [0.2, 0.25) is 0 Å². The molecular formula is C17H17NO2S. The van der Waals surface area contributed by atoms with Crippen LogP contribution in [0, 0.1) is 0 Å². The Kier molecular flexibility index (Phi) is 4.15. The Labute approximate surface area is 128 Å². The normalized spacial score (nSPS) is 14.7. The summed E-state index contributed by atoms with van der Waals surface area (Å²) in [5.74, 6) is 0.220. The molecule has 1 amide bonds. The maximum absolute atomic E-state index is 12.2. The van der Waals surface area contributed by atoms with Crippen LogP contribution < -0.4 is 4.90 Å². The van der Waals surface area contributed by atoms with E-state index in [-0.39, 0.29) is 11.7 Å². The Hall–Kier alpha value is -1.94. The smallest absolute Gasteiger partial charge is 0.227 e. The lowest BCUT2D eigenvalue weighted by Gasteiger charge is -2.20. The number of nitrogens with zero attached hydrogens (tertiary/aromatic N) is 1. The van der Waals surface area contributed by atoms with Gasteiger partial charge in [0.1, 0.15) is 0 Å². The van der Waals surface area contributed by atoms with Gasteiger partial charge in [-0.05, 0) is 24.3 Å². The molecule has 2 heterocycles. The second-order valence-corrected chi connectivity index (χ2v) is 6.17. The molecule has 2 aromatic rings. The zero-order valence-corrected chi connectivity index (χ0v) is 12.6. The van der Waals surface area contributed by atoms with E-state index >= 15 is 0 Å². The zero-order valence-electron chi connectivity index (χ0n) is 11.7. The molecule has 0 bridgehead atoms. The van der Waals surface area contributed by atoms with Crippen molar-refractivity contribution in [1.82, 2.24) is 0 Å². The fourth-order valence-corrected chi connectivity index (χ4v) is 3.58. The molecule has 1 aromatic heterocycles. The average Bonchev–Trinajstić information content (AvgIpc) is 2.91. The monoisotopic (exact) mass is 299 g/mol. The number of carbonyl (C=O) groups excluding carboxylic acids is 2. The third-order valence-electron chi connectivity index (χ3n) is 3.77. The summed E-state index contributed by atoms with van der Waals surface area (Å²) in [6.45, 7) is 0.469. The molecule has 108 valence electrons. The van der Waals surface area contributed by atoms with Crippen molar-refractivity contribution in [2.75, 3.05) is 11.4 Å². The van der Waals surface area contributed by atoms with Gasteiger partial charge < -0.3 is 4.90 Å². The quantitative estimate of drug-likeness (QED) is 0.807. The number of hydrogen-bond acceptors (Lipinski definition) is 3. The molecule has 1 aromatic carbocycles. The highest BCUT2D eigenvalue weighted by molar-refractivity contribution is 7.10. The van der Waals surface area contributed by atoms with Gasteiger partial charge in [-0.3, -0.25) is 9.59 Å². The minimum Gasteiger partial charge on any atom is -0.311 e. The minimum absolute atomic E-state index is 0.0874. The van der Waals surface area contributed by atoms with Gasteiger partial charge in [0.15, 0.2) is 5.78 Å². The predicted octanol–water partition coefficient (Wildman–Crippen LogP) is 3.69. The molecule has 21 heavy (non-hydrogen) atoms. The summed E-state index contributed by atoms with van der Waals surface area (Å²) in [6.07, 6.45) is 2.79. The number of thiophene rings is 1. The lowest BCUT2D eigenvalue weighted by atomic mass is 10.1. The average molecular weight is 299 g/mol. The second-order valence-electron chi connectivity index (χ2n) is 5.17. The highest BCUT2D eigenvalue weighted by Crippen LogP contribution is 2.31. The van der Waals surface area contributed by atoms with Gasteiger partial charge >= 0.3 is 0 Å². The molecular weight excluding hydrogens is 282 g/mol. The van der Waals surface area contributed by atoms with Crippen LogP contribution >= 0.6 is 11.3 Å². The number of rotatable bonds is 4. The fourth-order valence-electron chi connectivity index (χ4n) is 2.66. The third-order valence-corrected chi connectivity index (χ3v) is 4.74. The standard InChI is InChI=1S/C17H17NO2S/c19-15(13-5-2-1-3-6-13)9-11-18-14-10-12-21-16(14)7-4-8-17(18)20/h1-3,5-6,10,12H,4,7-9,11H2. The van der Waals surface area contributed by atoms with Gasteiger partial charge in [-0.25, -0.2) is 0 Å². The summed E-state index contributed by atoms with van der Waals surface area (Å²) in [6, 6.07) is 11.3. The maximum Gasteiger partial charge on any atom is 0.227 e. The van der Waals surface area contributed by atoms with Crippen molar-refractivity contribution in [3.63, 3.8) is 0 Å². The van der Waals surface area contributed by atoms with Gasteiger partial charge in [0.05, 0.1) is 5.69 Å². The highest BCUT2D eigenvalue weighted by Gasteiger charge is 2.23. The first-order valence-corrected chi connectivity index (χ1v) is 8.08. The number of anilines is 1. The van der Waals surface area contributed by atoms with Crippen molar-refractivity contribution in [3.05, 3.63) is 52.2 Å². The number of amides is 1. The molecule has 0 aliphatic carbocycles. The second kappa shape index (κ2) is 6.22. The summed E-state index contributed by atoms with van der Waals surface area (Å²) in [4.78, 5) is 27.5. The predicted molar refractivity (Wildman–Crippen MR) is 85.0 cm³/mol. The molecule has 0 saturated heterocycles. The molecule has 3 nitrogen and oxygen atoms in total. The molecule has 0 N–H and O–H groups in total. The minimum atomic E-state index is 0.0874. The van der Waals surface area contributed by atoms with Crippen LogP contribution in [-0.4, -0.2) is 18.2 Å². The Morgan fingerprint density at radius 1 is 1.14 bits per heavy atom. The molecule has 0 unspecified atom stereocenters. The number of hydrogen-bond donors (Lipinski definition) is 0. The SMILES string of the molecule is O=C(CCN1C(=O)CCCc2sccc21)c1ccccc1. The molecule has 3 rings (SSSR count). The number of ketones is 1. The van der Waals surface area contributed by atoms with Crippen molar-refractivity contribution in [2.24, 2.45) is 0 Å². The van der Waals surface area contributed by atoms with E-state index in [1.165, 1.54) is 4.88 Å². The summed E-state index contributed by atoms with van der Waals surface area (Å²) < 4.78 is 0. The first-order valence-electron chi connectivity index (χ1n) is 7.20. The summed E-state index contributed by atoms with van der Waals surface area (Å²) in [5.41, 5.74) is 1.72. The van der Waals surface area contributed by atoms with E-state index in [4.69, 9.17) is 0 Å². The zero-order chi connectivity index (χ0) is 14.7. The van der Waals surface area contributed by atoms with Crippen molar-refractivity contribution in [2.45, 2.75) is 25.7 Å². The van der Waals surface area contributed by atoms with Crippen LogP contribution in [-0.2, 0) is 11.2 Å². The molecule has 1 aliphatic heterocycles. The van der Waals surface area contributed by atoms with Gasteiger partial charge in [-0.15, -0.1) is 11.3 Å². The van der Waals surface area contributed by atoms with Gasteiger partial charge in [0.2, 0.25) is 5.91 Å². The Morgan fingerprint density at radius 2 is 1.95 bits per heavy atom. The maximum atomic E-state index is 12.2. The summed E-state index contributed by atoms with van der Waals surface area (Å²) in [5, 5.41) is 2.02. The lowest BCUT2D eigenvalue weighted by molar-refractivity contribution is -0.118. The topological polar surface area (TPSA) is 37.4 Å². The highest BCUT2D eigenvalue weighted by atomic mass is 32.1. The number of benzene rings is 1. The van der Waals surface area contributed by atoms with E-state index in [0.29, 0.717) is 24.9 Å². The summed E-state index contributed by atoms with van der Waals surface area (Å²) in [7, 11) is 0. The molecule has 0 fully saturated rings. The van der Waals surface area contributed by atoms with E-state index in [0.717, 1.165) is 18.5 Å². The van der Waals surface area contributed by atoms with Gasteiger partial charge in [-0.2, -0.15) is 0 Å². The van der Waals surface area contributed by atoms with Crippen molar-refractivity contribution in [3.8, 4) is 0 Å². The number of aryl methyl sites for hydroxylation is 1. The van der Waals surface area contributed by atoms with Crippen molar-refractivity contribution >= 4 is 28.7 Å². The van der Waals surface area contributed by atoms with Crippen LogP contribution in [0.4, 0.5) is 5.69 Å². The van der Waals surface area contributed by atoms with E-state index < -0.39 is 0 Å². The van der Waals surface area contributed by atoms with Gasteiger partial charge in [0, 0.05) is 29.8 Å². The van der Waals surface area contributed by atoms with Crippen molar-refractivity contribution < 1.29 is 9.59 Å². The first-order chi connectivity index (χ1) is 10.3. The molecule has 0 radical (unpaired) electrons. The van der Waals surface area contributed by atoms with E-state index in [9.17, 15) is 9.59 Å². The Morgan fingerprint density at radius 3 is 2.76 bits per heavy atom. The largest absolute Gasteiger partial charge is 0.311 e. The van der Waals surface area contributed by atoms with Crippen LogP contribution in [0.25, 0.3) is 0 Å². The number of Topliss-reactive ketones (excluding diaryl/α,β-unsaturated/α-hetero) is 1. The van der Waals surface area contributed by atoms with Crippen LogP contribution in [0.1, 0.15) is 34.5 Å². The third kappa shape index (κ3) is 3.05. The summed E-state index contributed by atoms with van der Waals surface area (Å²) >= 11 is 1.70. The Bertz CT molecular complexity index is 648. The van der Waals surface area contributed by atoms with Gasteiger partial charge in [0.25, 0.3) is 0 Å². The lowest BCUT2D eigenvalue weighted by Crippen LogP contribution is -2.32. The van der Waals surface area contributed by atoms with Crippen LogP contribution in [0.15, 0.2) is 41.8 Å². The van der Waals surface area contributed by atoms with Crippen molar-refractivity contribution in [1.29, 1.82) is 0 Å². The fraction of sp³-hybridized carbons (Fsp3) is 0.294.